The molecule has 4 rings (SSSR count). The van der Waals surface area contributed by atoms with E-state index in [0.29, 0.717) is 16.9 Å². The molecule has 2 aromatic heterocycles. The number of hydrogen-bond acceptors (Lipinski definition) is 7. The number of ether oxygens (including phenoxy) is 1. The summed E-state index contributed by atoms with van der Waals surface area (Å²) in [7, 11) is -0.432. The SMILES string of the molecule is Cc1cc(Nc2nn(C(=O)OC(C)(C)C)c3cccnc23)ccc1B1OC(C)(C)C(C)(C)O1. The van der Waals surface area contributed by atoms with E-state index in [2.05, 4.69) is 15.4 Å². The smallest absolute Gasteiger partial charge is 0.442 e. The van der Waals surface area contributed by atoms with Crippen molar-refractivity contribution in [1.29, 1.82) is 0 Å². The fourth-order valence-electron chi connectivity index (χ4n) is 3.60. The summed E-state index contributed by atoms with van der Waals surface area (Å²) in [6.07, 6.45) is 1.11. The van der Waals surface area contributed by atoms with E-state index in [4.69, 9.17) is 14.0 Å². The summed E-state index contributed by atoms with van der Waals surface area (Å²) >= 11 is 0. The minimum absolute atomic E-state index is 0.403. The van der Waals surface area contributed by atoms with Gasteiger partial charge in [0, 0.05) is 11.9 Å². The Labute approximate surface area is 194 Å². The number of rotatable bonds is 3. The highest BCUT2D eigenvalue weighted by Crippen LogP contribution is 2.37. The quantitative estimate of drug-likeness (QED) is 0.585. The van der Waals surface area contributed by atoms with Crippen LogP contribution in [-0.2, 0) is 14.0 Å². The molecule has 174 valence electrons. The molecule has 0 spiro atoms. The van der Waals surface area contributed by atoms with Crippen LogP contribution in [0.15, 0.2) is 36.5 Å². The molecule has 1 aromatic carbocycles. The monoisotopic (exact) mass is 450 g/mol. The zero-order valence-electron chi connectivity index (χ0n) is 20.5. The first kappa shape index (κ1) is 23.3. The Balaban J connectivity index is 1.62. The van der Waals surface area contributed by atoms with Crippen molar-refractivity contribution >= 4 is 41.2 Å². The lowest BCUT2D eigenvalue weighted by molar-refractivity contribution is 0.00578. The van der Waals surface area contributed by atoms with Gasteiger partial charge in [-0.25, -0.2) is 4.79 Å². The van der Waals surface area contributed by atoms with Crippen LogP contribution in [0.4, 0.5) is 16.3 Å². The predicted octanol–water partition coefficient (Wildman–Crippen LogP) is 4.57. The summed E-state index contributed by atoms with van der Waals surface area (Å²) in [6.45, 7) is 15.6. The third-order valence-electron chi connectivity index (χ3n) is 6.05. The highest BCUT2D eigenvalue weighted by molar-refractivity contribution is 6.62. The lowest BCUT2D eigenvalue weighted by atomic mass is 9.76. The van der Waals surface area contributed by atoms with Crippen LogP contribution in [0.3, 0.4) is 0 Å². The molecule has 0 amide bonds. The van der Waals surface area contributed by atoms with E-state index in [0.717, 1.165) is 16.7 Å². The molecule has 9 heteroatoms. The number of aromatic nitrogens is 3. The summed E-state index contributed by atoms with van der Waals surface area (Å²) < 4.78 is 19.1. The average Bonchev–Trinajstić information content (AvgIpc) is 3.14. The molecule has 1 N–H and O–H groups in total. The number of hydrogen-bond donors (Lipinski definition) is 1. The standard InChI is InChI=1S/C24H31BN4O4/c1-15-14-16(11-12-17(15)25-32-23(5,6)24(7,8)33-25)27-20-19-18(10-9-13-26-19)29(28-20)21(30)31-22(2,3)4/h9-14H,1-8H3,(H,27,28). The number of pyridine rings is 1. The van der Waals surface area contributed by atoms with Crippen molar-refractivity contribution in [1.82, 2.24) is 14.8 Å². The highest BCUT2D eigenvalue weighted by Gasteiger charge is 2.52. The Hall–Kier alpha value is -2.91. The van der Waals surface area contributed by atoms with E-state index in [-0.39, 0.29) is 0 Å². The minimum atomic E-state index is -0.633. The van der Waals surface area contributed by atoms with Gasteiger partial charge in [-0.1, -0.05) is 6.07 Å². The topological polar surface area (TPSA) is 87.5 Å². The molecule has 1 aliphatic rings. The van der Waals surface area contributed by atoms with E-state index in [1.54, 1.807) is 18.3 Å². The Bertz CT molecular complexity index is 1200. The second kappa shape index (κ2) is 7.85. The van der Waals surface area contributed by atoms with Gasteiger partial charge in [0.15, 0.2) is 5.82 Å². The van der Waals surface area contributed by atoms with E-state index in [9.17, 15) is 4.79 Å². The summed E-state index contributed by atoms with van der Waals surface area (Å²) in [4.78, 5) is 17.1. The van der Waals surface area contributed by atoms with Gasteiger partial charge in [0.25, 0.3) is 0 Å². The van der Waals surface area contributed by atoms with Crippen molar-refractivity contribution in [3.05, 3.63) is 42.1 Å². The van der Waals surface area contributed by atoms with Gasteiger partial charge in [0.05, 0.1) is 11.2 Å². The van der Waals surface area contributed by atoms with Crippen LogP contribution >= 0.6 is 0 Å². The summed E-state index contributed by atoms with van der Waals surface area (Å²) in [5.74, 6) is 0.472. The first-order valence-electron chi connectivity index (χ1n) is 11.1. The Morgan fingerprint density at radius 2 is 1.79 bits per heavy atom. The van der Waals surface area contributed by atoms with Crippen molar-refractivity contribution in [3.63, 3.8) is 0 Å². The molecule has 0 bridgehead atoms. The third kappa shape index (κ3) is 4.47. The number of anilines is 2. The zero-order valence-corrected chi connectivity index (χ0v) is 20.5. The van der Waals surface area contributed by atoms with E-state index < -0.39 is 30.0 Å². The highest BCUT2D eigenvalue weighted by atomic mass is 16.7. The van der Waals surface area contributed by atoms with Crippen LogP contribution in [0.1, 0.15) is 54.0 Å². The molecular weight excluding hydrogens is 419 g/mol. The summed E-state index contributed by atoms with van der Waals surface area (Å²) in [5, 5.41) is 7.75. The van der Waals surface area contributed by atoms with Gasteiger partial charge in [-0.05, 0) is 90.7 Å². The van der Waals surface area contributed by atoms with Crippen LogP contribution in [0.25, 0.3) is 11.0 Å². The molecule has 0 unspecified atom stereocenters. The molecule has 33 heavy (non-hydrogen) atoms. The number of nitrogens with one attached hydrogen (secondary N) is 1. The van der Waals surface area contributed by atoms with Crippen molar-refractivity contribution in [2.45, 2.75) is 72.2 Å². The third-order valence-corrected chi connectivity index (χ3v) is 6.05. The number of fused-ring (bicyclic) bond motifs is 1. The normalized spacial score (nSPS) is 17.4. The van der Waals surface area contributed by atoms with Crippen molar-refractivity contribution in [2.75, 3.05) is 5.32 Å². The largest absolute Gasteiger partial charge is 0.495 e. The second-order valence-electron chi connectivity index (χ2n) is 10.4. The molecule has 3 heterocycles. The lowest BCUT2D eigenvalue weighted by Crippen LogP contribution is -2.41. The number of carbonyl (C=O) groups excluding carboxylic acids is 1. The second-order valence-corrected chi connectivity index (χ2v) is 10.4. The number of carbonyl (C=O) groups is 1. The number of aryl methyl sites for hydroxylation is 1. The number of benzene rings is 1. The van der Waals surface area contributed by atoms with Crippen LogP contribution in [0.5, 0.6) is 0 Å². The number of nitrogens with zero attached hydrogens (tertiary/aromatic N) is 3. The van der Waals surface area contributed by atoms with Crippen molar-refractivity contribution in [3.8, 4) is 0 Å². The molecule has 1 saturated heterocycles. The van der Waals surface area contributed by atoms with Gasteiger partial charge in [0.1, 0.15) is 16.6 Å². The fourth-order valence-corrected chi connectivity index (χ4v) is 3.60. The molecule has 0 radical (unpaired) electrons. The van der Waals surface area contributed by atoms with E-state index in [1.165, 1.54) is 4.68 Å². The molecule has 1 fully saturated rings. The summed E-state index contributed by atoms with van der Waals surface area (Å²) in [5.41, 5.74) is 2.51. The Morgan fingerprint density at radius 3 is 2.39 bits per heavy atom. The predicted molar refractivity (Wildman–Crippen MR) is 129 cm³/mol. The molecule has 0 atom stereocenters. The first-order valence-corrected chi connectivity index (χ1v) is 11.1. The van der Waals surface area contributed by atoms with Gasteiger partial charge in [0.2, 0.25) is 0 Å². The minimum Gasteiger partial charge on any atom is -0.442 e. The Morgan fingerprint density at radius 1 is 1.12 bits per heavy atom. The molecular formula is C24H31BN4O4. The van der Waals surface area contributed by atoms with E-state index >= 15 is 0 Å². The maximum Gasteiger partial charge on any atom is 0.495 e. The molecule has 3 aromatic rings. The molecule has 0 aliphatic carbocycles. The van der Waals surface area contributed by atoms with Gasteiger partial charge in [-0.2, -0.15) is 4.68 Å². The molecule has 0 saturated carbocycles. The average molecular weight is 450 g/mol. The maximum atomic E-state index is 12.7. The van der Waals surface area contributed by atoms with Gasteiger partial charge >= 0.3 is 13.2 Å². The summed E-state index contributed by atoms with van der Waals surface area (Å²) in [6, 6.07) is 9.48. The van der Waals surface area contributed by atoms with Crippen molar-refractivity contribution < 1.29 is 18.8 Å². The van der Waals surface area contributed by atoms with Gasteiger partial charge < -0.3 is 19.4 Å². The van der Waals surface area contributed by atoms with Crippen LogP contribution < -0.4 is 10.8 Å². The Kier molecular flexibility index (Phi) is 5.53. The fraction of sp³-hybridized carbons (Fsp3) is 0.458. The first-order chi connectivity index (χ1) is 15.3. The maximum absolute atomic E-state index is 12.7. The van der Waals surface area contributed by atoms with Crippen LogP contribution in [0, 0.1) is 6.92 Å². The van der Waals surface area contributed by atoms with Gasteiger partial charge in [-0.3, -0.25) is 4.98 Å². The van der Waals surface area contributed by atoms with Crippen LogP contribution in [0.2, 0.25) is 0 Å². The zero-order chi connectivity index (χ0) is 24.2. The van der Waals surface area contributed by atoms with E-state index in [1.807, 2.05) is 73.6 Å². The van der Waals surface area contributed by atoms with Crippen LogP contribution in [-0.4, -0.2) is 44.8 Å². The lowest BCUT2D eigenvalue weighted by Gasteiger charge is -2.32. The van der Waals surface area contributed by atoms with Gasteiger partial charge in [-0.15, -0.1) is 5.10 Å². The molecule has 8 nitrogen and oxygen atoms in total. The molecule has 1 aliphatic heterocycles. The van der Waals surface area contributed by atoms with Crippen molar-refractivity contribution in [2.24, 2.45) is 0 Å².